The zero-order valence-corrected chi connectivity index (χ0v) is 10.8. The van der Waals surface area contributed by atoms with Crippen LogP contribution in [0.4, 0.5) is 10.1 Å². The van der Waals surface area contributed by atoms with E-state index in [1.54, 1.807) is 26.2 Å². The van der Waals surface area contributed by atoms with E-state index in [0.717, 1.165) is 0 Å². The molecule has 0 aliphatic heterocycles. The van der Waals surface area contributed by atoms with Crippen molar-refractivity contribution in [2.24, 2.45) is 0 Å². The van der Waals surface area contributed by atoms with Gasteiger partial charge >= 0.3 is 0 Å². The Morgan fingerprint density at radius 1 is 1.41 bits per heavy atom. The first-order valence-corrected chi connectivity index (χ1v) is 5.67. The van der Waals surface area contributed by atoms with Crippen LogP contribution in [0.3, 0.4) is 0 Å². The van der Waals surface area contributed by atoms with Crippen molar-refractivity contribution in [2.45, 2.75) is 26.0 Å². The van der Waals surface area contributed by atoms with E-state index >= 15 is 0 Å². The van der Waals surface area contributed by atoms with E-state index in [4.69, 9.17) is 4.74 Å². The third-order valence-electron chi connectivity index (χ3n) is 2.90. The maximum Gasteiger partial charge on any atom is 0.131 e. The van der Waals surface area contributed by atoms with Crippen LogP contribution in [0.1, 0.15) is 25.5 Å². The SMILES string of the molecule is COCC(C)N(C)c1cccc(F)c1[C@H](C)O. The second kappa shape index (κ2) is 5.98. The molecule has 1 unspecified atom stereocenters. The number of halogens is 1. The number of ether oxygens (including phenoxy) is 1. The van der Waals surface area contributed by atoms with Crippen molar-refractivity contribution in [3.8, 4) is 0 Å². The van der Waals surface area contributed by atoms with Crippen LogP contribution in [0.15, 0.2) is 18.2 Å². The summed E-state index contributed by atoms with van der Waals surface area (Å²) < 4.78 is 18.8. The fraction of sp³-hybridized carbons (Fsp3) is 0.538. The van der Waals surface area contributed by atoms with Gasteiger partial charge in [0.2, 0.25) is 0 Å². The molecule has 1 N–H and O–H groups in total. The molecular formula is C13H20FNO2. The van der Waals surface area contributed by atoms with Crippen LogP contribution in [-0.4, -0.2) is 31.9 Å². The molecule has 0 aromatic heterocycles. The number of aliphatic hydroxyl groups is 1. The van der Waals surface area contributed by atoms with Gasteiger partial charge in [-0.3, -0.25) is 0 Å². The minimum Gasteiger partial charge on any atom is -0.389 e. The van der Waals surface area contributed by atoms with Crippen molar-refractivity contribution in [3.63, 3.8) is 0 Å². The van der Waals surface area contributed by atoms with Crippen molar-refractivity contribution in [2.75, 3.05) is 25.7 Å². The predicted octanol–water partition coefficient (Wildman–Crippen LogP) is 2.35. The Balaban J connectivity index is 3.08. The highest BCUT2D eigenvalue weighted by Gasteiger charge is 2.19. The van der Waals surface area contributed by atoms with Gasteiger partial charge in [0, 0.05) is 31.5 Å². The van der Waals surface area contributed by atoms with Crippen LogP contribution >= 0.6 is 0 Å². The molecule has 1 aromatic carbocycles. The molecule has 0 saturated heterocycles. The van der Waals surface area contributed by atoms with Gasteiger partial charge in [0.05, 0.1) is 12.7 Å². The standard InChI is InChI=1S/C13H20FNO2/c1-9(8-17-4)15(3)12-7-5-6-11(14)13(12)10(2)16/h5-7,9-10,16H,8H2,1-4H3/t9?,10-/m0/s1. The van der Waals surface area contributed by atoms with Crippen LogP contribution in [0.25, 0.3) is 0 Å². The number of anilines is 1. The molecule has 4 heteroatoms. The average molecular weight is 241 g/mol. The van der Waals surface area contributed by atoms with E-state index in [-0.39, 0.29) is 11.9 Å². The second-order valence-corrected chi connectivity index (χ2v) is 4.26. The van der Waals surface area contributed by atoms with Crippen LogP contribution in [0, 0.1) is 5.82 Å². The van der Waals surface area contributed by atoms with Crippen molar-refractivity contribution in [3.05, 3.63) is 29.6 Å². The Labute approximate surface area is 102 Å². The summed E-state index contributed by atoms with van der Waals surface area (Å²) in [5.41, 5.74) is 1.03. The lowest BCUT2D eigenvalue weighted by Crippen LogP contribution is -2.33. The van der Waals surface area contributed by atoms with Gasteiger partial charge in [-0.1, -0.05) is 6.07 Å². The molecule has 1 rings (SSSR count). The molecule has 0 radical (unpaired) electrons. The van der Waals surface area contributed by atoms with Crippen molar-refractivity contribution in [1.82, 2.24) is 0 Å². The third-order valence-corrected chi connectivity index (χ3v) is 2.90. The lowest BCUT2D eigenvalue weighted by molar-refractivity contribution is 0.181. The van der Waals surface area contributed by atoms with Crippen molar-refractivity contribution < 1.29 is 14.2 Å². The van der Waals surface area contributed by atoms with Gasteiger partial charge in [-0.05, 0) is 26.0 Å². The van der Waals surface area contributed by atoms with Gasteiger partial charge in [-0.2, -0.15) is 0 Å². The number of likely N-dealkylation sites (N-methyl/N-ethyl adjacent to an activating group) is 1. The van der Waals surface area contributed by atoms with Gasteiger partial charge in [0.1, 0.15) is 5.82 Å². The summed E-state index contributed by atoms with van der Waals surface area (Å²) >= 11 is 0. The Morgan fingerprint density at radius 3 is 2.59 bits per heavy atom. The quantitative estimate of drug-likeness (QED) is 0.859. The summed E-state index contributed by atoms with van der Waals surface area (Å²) in [6, 6.07) is 4.92. The summed E-state index contributed by atoms with van der Waals surface area (Å²) in [7, 11) is 3.50. The zero-order valence-electron chi connectivity index (χ0n) is 10.8. The first kappa shape index (κ1) is 13.9. The largest absolute Gasteiger partial charge is 0.389 e. The highest BCUT2D eigenvalue weighted by molar-refractivity contribution is 5.55. The first-order valence-electron chi connectivity index (χ1n) is 5.67. The minimum atomic E-state index is -0.830. The summed E-state index contributed by atoms with van der Waals surface area (Å²) in [5.74, 6) is -0.381. The number of hydrogen-bond acceptors (Lipinski definition) is 3. The molecule has 0 aliphatic rings. The molecule has 0 fully saturated rings. The van der Waals surface area contributed by atoms with Crippen LogP contribution in [-0.2, 0) is 4.74 Å². The third kappa shape index (κ3) is 3.17. The minimum absolute atomic E-state index is 0.110. The molecular weight excluding hydrogens is 221 g/mol. The molecule has 0 bridgehead atoms. The van der Waals surface area contributed by atoms with E-state index in [0.29, 0.717) is 17.9 Å². The average Bonchev–Trinajstić information content (AvgIpc) is 2.27. The molecule has 0 aliphatic carbocycles. The first-order chi connectivity index (χ1) is 7.99. The van der Waals surface area contributed by atoms with Gasteiger partial charge < -0.3 is 14.7 Å². The van der Waals surface area contributed by atoms with Crippen LogP contribution in [0.2, 0.25) is 0 Å². The summed E-state index contributed by atoms with van der Waals surface area (Å²) in [6.45, 7) is 4.10. The molecule has 0 heterocycles. The van der Waals surface area contributed by atoms with Crippen molar-refractivity contribution >= 4 is 5.69 Å². The van der Waals surface area contributed by atoms with Gasteiger partial charge in [-0.15, -0.1) is 0 Å². The number of benzene rings is 1. The number of methoxy groups -OCH3 is 1. The van der Waals surface area contributed by atoms with E-state index in [2.05, 4.69) is 0 Å². The zero-order chi connectivity index (χ0) is 13.0. The van der Waals surface area contributed by atoms with Gasteiger partial charge in [0.25, 0.3) is 0 Å². The molecule has 0 spiro atoms. The predicted molar refractivity (Wildman–Crippen MR) is 66.8 cm³/mol. The number of nitrogens with zero attached hydrogens (tertiary/aromatic N) is 1. The lowest BCUT2D eigenvalue weighted by Gasteiger charge is -2.29. The maximum absolute atomic E-state index is 13.7. The molecule has 0 amide bonds. The molecule has 1 aromatic rings. The maximum atomic E-state index is 13.7. The van der Waals surface area contributed by atoms with Crippen molar-refractivity contribution in [1.29, 1.82) is 0 Å². The Kier molecular flexibility index (Phi) is 4.90. The smallest absolute Gasteiger partial charge is 0.131 e. The fourth-order valence-electron chi connectivity index (χ4n) is 1.84. The Morgan fingerprint density at radius 2 is 2.06 bits per heavy atom. The van der Waals surface area contributed by atoms with Gasteiger partial charge in [0.15, 0.2) is 0 Å². The molecule has 96 valence electrons. The lowest BCUT2D eigenvalue weighted by atomic mass is 10.1. The summed E-state index contributed by atoms with van der Waals surface area (Å²) in [5, 5.41) is 9.65. The molecule has 3 nitrogen and oxygen atoms in total. The summed E-state index contributed by atoms with van der Waals surface area (Å²) in [6.07, 6.45) is -0.830. The highest BCUT2D eigenvalue weighted by atomic mass is 19.1. The van der Waals surface area contributed by atoms with Gasteiger partial charge in [-0.25, -0.2) is 4.39 Å². The van der Waals surface area contributed by atoms with E-state index in [9.17, 15) is 9.50 Å². The normalized spacial score (nSPS) is 14.5. The van der Waals surface area contributed by atoms with Crippen LogP contribution in [0.5, 0.6) is 0 Å². The van der Waals surface area contributed by atoms with E-state index < -0.39 is 6.10 Å². The number of hydrogen-bond donors (Lipinski definition) is 1. The fourth-order valence-corrected chi connectivity index (χ4v) is 1.84. The van der Waals surface area contributed by atoms with E-state index in [1.807, 2.05) is 18.9 Å². The topological polar surface area (TPSA) is 32.7 Å². The Bertz CT molecular complexity index is 368. The second-order valence-electron chi connectivity index (χ2n) is 4.26. The Hall–Kier alpha value is -1.13. The summed E-state index contributed by atoms with van der Waals surface area (Å²) in [4.78, 5) is 1.91. The molecule has 2 atom stereocenters. The molecule has 0 saturated carbocycles. The number of rotatable bonds is 5. The molecule has 17 heavy (non-hydrogen) atoms. The van der Waals surface area contributed by atoms with Crippen LogP contribution < -0.4 is 4.90 Å². The number of aliphatic hydroxyl groups excluding tert-OH is 1. The highest BCUT2D eigenvalue weighted by Crippen LogP contribution is 2.29. The van der Waals surface area contributed by atoms with E-state index in [1.165, 1.54) is 6.07 Å². The monoisotopic (exact) mass is 241 g/mol.